The molecule has 11 heteroatoms. The number of nitrogens with one attached hydrogen (secondary N) is 1. The minimum absolute atomic E-state index is 0.00877. The minimum Gasteiger partial charge on any atom is -0.288 e. The van der Waals surface area contributed by atoms with E-state index in [0.717, 1.165) is 11.8 Å². The summed E-state index contributed by atoms with van der Waals surface area (Å²) < 4.78 is 6.39. The molecule has 1 aromatic heterocycles. The van der Waals surface area contributed by atoms with E-state index < -0.39 is 0 Å². The van der Waals surface area contributed by atoms with Gasteiger partial charge < -0.3 is 0 Å². The molecule has 0 saturated heterocycles. The summed E-state index contributed by atoms with van der Waals surface area (Å²) in [5.74, 6) is -0.421. The average Bonchev–Trinajstić information content (AvgIpc) is 3.31. The summed E-state index contributed by atoms with van der Waals surface area (Å²) in [5.41, 5.74) is 1.44. The maximum absolute atomic E-state index is 13.2. The number of rotatable bonds is 5. The van der Waals surface area contributed by atoms with Crippen LogP contribution in [0.15, 0.2) is 69.9 Å². The van der Waals surface area contributed by atoms with E-state index in [1.165, 1.54) is 15.8 Å². The van der Waals surface area contributed by atoms with Crippen LogP contribution in [0.2, 0.25) is 10.0 Å². The van der Waals surface area contributed by atoms with Gasteiger partial charge in [-0.1, -0.05) is 63.9 Å². The summed E-state index contributed by atoms with van der Waals surface area (Å²) in [7, 11) is 1.67. The molecule has 0 fully saturated rings. The Morgan fingerprint density at radius 1 is 1.25 bits per heavy atom. The number of aromatic nitrogens is 2. The third-order valence-corrected chi connectivity index (χ3v) is 5.77. The molecule has 4 rings (SSSR count). The lowest BCUT2D eigenvalue weighted by Gasteiger charge is -2.17. The molecule has 8 nitrogen and oxygen atoms in total. The van der Waals surface area contributed by atoms with E-state index in [9.17, 15) is 9.59 Å². The van der Waals surface area contributed by atoms with Crippen LogP contribution in [0, 0.1) is 0 Å². The largest absolute Gasteiger partial charge is 0.302 e. The number of amides is 2. The zero-order chi connectivity index (χ0) is 22.7. The molecule has 3 aromatic rings. The van der Waals surface area contributed by atoms with Gasteiger partial charge in [-0.3, -0.25) is 24.3 Å². The Morgan fingerprint density at radius 3 is 2.72 bits per heavy atom. The number of carbonyl (C=O) groups is 2. The van der Waals surface area contributed by atoms with Crippen molar-refractivity contribution in [1.82, 2.24) is 5.27 Å². The van der Waals surface area contributed by atoms with E-state index in [-0.39, 0.29) is 29.1 Å². The van der Waals surface area contributed by atoms with Crippen molar-refractivity contribution in [1.29, 1.82) is 0 Å². The normalized spacial score (nSPS) is 14.7. The molecule has 0 spiro atoms. The number of benzene rings is 2. The molecule has 2 amide bonds. The van der Waals surface area contributed by atoms with Crippen LogP contribution >= 0.6 is 35.0 Å². The highest BCUT2D eigenvalue weighted by atomic mass is 35.5. The van der Waals surface area contributed by atoms with Crippen LogP contribution in [-0.2, 0) is 16.6 Å². The fourth-order valence-electron chi connectivity index (χ4n) is 2.85. The zero-order valence-corrected chi connectivity index (χ0v) is 19.0. The number of amidine groups is 1. The molecule has 1 N–H and O–H groups in total. The lowest BCUT2D eigenvalue weighted by atomic mass is 10.2. The van der Waals surface area contributed by atoms with Crippen LogP contribution in [0.4, 0.5) is 11.6 Å². The first kappa shape index (κ1) is 22.1. The second-order valence-corrected chi connectivity index (χ2v) is 8.43. The Balaban J connectivity index is 1.58. The Bertz CT molecular complexity index is 1240. The van der Waals surface area contributed by atoms with Gasteiger partial charge in [-0.05, 0) is 35.9 Å². The third-order valence-electron chi connectivity index (χ3n) is 4.27. The van der Waals surface area contributed by atoms with Crippen molar-refractivity contribution >= 4 is 69.6 Å². The predicted molar refractivity (Wildman–Crippen MR) is 125 cm³/mol. The predicted octanol–water partition coefficient (Wildman–Crippen LogP) is 3.92. The van der Waals surface area contributed by atoms with Gasteiger partial charge in [0.15, 0.2) is 17.5 Å². The van der Waals surface area contributed by atoms with Gasteiger partial charge in [0.05, 0.1) is 11.4 Å². The number of thioether (sulfide) groups is 1. The third kappa shape index (κ3) is 5.01. The number of anilines is 2. The number of halogens is 2. The summed E-state index contributed by atoms with van der Waals surface area (Å²) in [4.78, 5) is 31.4. The highest BCUT2D eigenvalue weighted by Gasteiger charge is 2.32. The molecular formula is C21H16Cl2N5O3S+. The van der Waals surface area contributed by atoms with E-state index in [1.807, 2.05) is 18.2 Å². The average molecular weight is 489 g/mol. The maximum atomic E-state index is 13.2. The summed E-state index contributed by atoms with van der Waals surface area (Å²) in [5, 5.41) is 7.52. The van der Waals surface area contributed by atoms with Gasteiger partial charge in [0, 0.05) is 10.0 Å². The van der Waals surface area contributed by atoms with Crippen molar-refractivity contribution in [2.75, 3.05) is 16.0 Å². The molecule has 2 heterocycles. The van der Waals surface area contributed by atoms with Crippen molar-refractivity contribution in [2.24, 2.45) is 12.0 Å². The van der Waals surface area contributed by atoms with Gasteiger partial charge in [0.1, 0.15) is 5.70 Å². The van der Waals surface area contributed by atoms with Crippen LogP contribution in [0.5, 0.6) is 0 Å². The monoisotopic (exact) mass is 488 g/mol. The fraction of sp³-hybridized carbons (Fsp3) is 0.0952. The fourth-order valence-corrected chi connectivity index (χ4v) is 4.12. The molecule has 162 valence electrons. The van der Waals surface area contributed by atoms with Crippen LogP contribution in [0.1, 0.15) is 5.56 Å². The van der Waals surface area contributed by atoms with Crippen LogP contribution in [0.3, 0.4) is 0 Å². The molecule has 0 bridgehead atoms. The van der Waals surface area contributed by atoms with Gasteiger partial charge in [0.2, 0.25) is 5.91 Å². The van der Waals surface area contributed by atoms with E-state index >= 15 is 0 Å². The molecule has 32 heavy (non-hydrogen) atoms. The van der Waals surface area contributed by atoms with E-state index in [2.05, 4.69) is 15.6 Å². The molecule has 1 aliphatic rings. The maximum Gasteiger partial charge on any atom is 0.302 e. The minimum atomic E-state index is -0.326. The number of aryl methyl sites for hydroxylation is 1. The van der Waals surface area contributed by atoms with Crippen molar-refractivity contribution in [3.8, 4) is 0 Å². The Kier molecular flexibility index (Phi) is 6.59. The summed E-state index contributed by atoms with van der Waals surface area (Å²) >= 11 is 13.3. The number of para-hydroxylation sites is 1. The van der Waals surface area contributed by atoms with E-state index in [1.54, 1.807) is 43.5 Å². The molecule has 0 unspecified atom stereocenters. The Hall–Kier alpha value is -3.14. The second kappa shape index (κ2) is 9.56. The highest BCUT2D eigenvalue weighted by Crippen LogP contribution is 2.31. The summed E-state index contributed by atoms with van der Waals surface area (Å²) in [6, 6.07) is 14.1. The molecule has 0 atom stereocenters. The van der Waals surface area contributed by atoms with Gasteiger partial charge >= 0.3 is 5.88 Å². The number of aliphatic imine (C=N–C) groups is 1. The number of hydrogen-bond acceptors (Lipinski definition) is 6. The summed E-state index contributed by atoms with van der Waals surface area (Å²) in [6.07, 6.45) is 3.13. The quantitative estimate of drug-likeness (QED) is 0.433. The number of nitrogens with zero attached hydrogens (tertiary/aromatic N) is 4. The molecule has 0 aliphatic carbocycles. The van der Waals surface area contributed by atoms with Gasteiger partial charge in [-0.25, -0.2) is 4.99 Å². The van der Waals surface area contributed by atoms with E-state index in [4.69, 9.17) is 27.7 Å². The lowest BCUT2D eigenvalue weighted by molar-refractivity contribution is -0.739. The number of hydrogen-bond donors (Lipinski definition) is 1. The Morgan fingerprint density at radius 2 is 2.03 bits per heavy atom. The Labute approximate surface area is 197 Å². The number of carbonyl (C=O) groups excluding carboxylic acids is 2. The van der Waals surface area contributed by atoms with Crippen molar-refractivity contribution in [2.45, 2.75) is 0 Å². The molecule has 0 radical (unpaired) electrons. The van der Waals surface area contributed by atoms with Crippen molar-refractivity contribution in [3.05, 3.63) is 76.0 Å². The molecule has 2 aromatic carbocycles. The van der Waals surface area contributed by atoms with Crippen LogP contribution in [-0.4, -0.2) is 28.0 Å². The lowest BCUT2D eigenvalue weighted by Crippen LogP contribution is -2.31. The first-order valence-electron chi connectivity index (χ1n) is 9.31. The smallest absolute Gasteiger partial charge is 0.288 e. The summed E-state index contributed by atoms with van der Waals surface area (Å²) in [6.45, 7) is 0. The van der Waals surface area contributed by atoms with Gasteiger partial charge in [0.25, 0.3) is 12.1 Å². The molecule has 1 aliphatic heterocycles. The van der Waals surface area contributed by atoms with Crippen molar-refractivity contribution in [3.63, 3.8) is 0 Å². The molecule has 0 saturated carbocycles. The van der Waals surface area contributed by atoms with Crippen molar-refractivity contribution < 1.29 is 18.8 Å². The molecular weight excluding hydrogens is 473 g/mol. The SMILES string of the molecule is C[n+]1cc(NC(=O)CSC2=N/C(=C/c3ccc(Cl)cc3Cl)C(=O)N2c2ccccc2)on1. The standard InChI is InChI=1S/C21H15Cl2N5O3S/c1-27-11-19(31-26-27)25-18(29)12-32-21-24-17(9-13-7-8-14(22)10-16(13)23)20(30)28(21)15-5-3-2-4-6-15/h2-11H,12H2,1H3/p+1/b17-9+. The van der Waals surface area contributed by atoms with Crippen LogP contribution in [0.25, 0.3) is 6.08 Å². The van der Waals surface area contributed by atoms with Crippen LogP contribution < -0.4 is 14.9 Å². The van der Waals surface area contributed by atoms with Gasteiger partial charge in [-0.15, -0.1) is 0 Å². The first-order chi connectivity index (χ1) is 15.4. The van der Waals surface area contributed by atoms with Gasteiger partial charge in [-0.2, -0.15) is 0 Å². The zero-order valence-electron chi connectivity index (χ0n) is 16.7. The van der Waals surface area contributed by atoms with E-state index in [0.29, 0.717) is 26.5 Å². The first-order valence-corrected chi connectivity index (χ1v) is 11.0. The topological polar surface area (TPSA) is 91.7 Å². The second-order valence-electron chi connectivity index (χ2n) is 6.64. The highest BCUT2D eigenvalue weighted by molar-refractivity contribution is 8.14.